The first-order chi connectivity index (χ1) is 19.3. The quantitative estimate of drug-likeness (QED) is 0.399. The van der Waals surface area contributed by atoms with Crippen molar-refractivity contribution in [3.05, 3.63) is 35.4 Å². The Bertz CT molecular complexity index is 1120. The summed E-state index contributed by atoms with van der Waals surface area (Å²) in [5.41, 5.74) is -0.0467. The maximum atomic E-state index is 15.1. The molecule has 2 atom stereocenters. The van der Waals surface area contributed by atoms with Gasteiger partial charge in [0.05, 0.1) is 5.54 Å². The lowest BCUT2D eigenvalue weighted by Crippen LogP contribution is -2.57. The number of likely N-dealkylation sites (tertiary alicyclic amines) is 2. The van der Waals surface area contributed by atoms with E-state index in [9.17, 15) is 14.0 Å². The van der Waals surface area contributed by atoms with E-state index in [1.54, 1.807) is 0 Å². The molecule has 3 saturated heterocycles. The van der Waals surface area contributed by atoms with Gasteiger partial charge in [-0.05, 0) is 96.2 Å². The maximum Gasteiger partial charge on any atom is 0.410 e. The molecule has 1 unspecified atom stereocenters. The van der Waals surface area contributed by atoms with Crippen LogP contribution in [-0.4, -0.2) is 77.1 Å². The summed E-state index contributed by atoms with van der Waals surface area (Å²) in [6.07, 6.45) is 8.21. The van der Waals surface area contributed by atoms with Gasteiger partial charge in [-0.2, -0.15) is 0 Å². The summed E-state index contributed by atoms with van der Waals surface area (Å²) >= 11 is 0. The van der Waals surface area contributed by atoms with Crippen molar-refractivity contribution >= 4 is 12.0 Å². The number of halogens is 2. The highest BCUT2D eigenvalue weighted by Gasteiger charge is 2.50. The number of benzene rings is 1. The van der Waals surface area contributed by atoms with Crippen LogP contribution in [0.2, 0.25) is 0 Å². The van der Waals surface area contributed by atoms with Crippen LogP contribution in [0.25, 0.3) is 0 Å². The Labute approximate surface area is 244 Å². The lowest BCUT2D eigenvalue weighted by molar-refractivity contribution is -0.142. The largest absolute Gasteiger partial charge is 0.447 e. The molecule has 8 heteroatoms. The molecule has 0 bridgehead atoms. The van der Waals surface area contributed by atoms with E-state index in [0.29, 0.717) is 50.7 Å². The molecule has 0 N–H and O–H groups in total. The lowest BCUT2D eigenvalue weighted by atomic mass is 9.63. The third-order valence-corrected chi connectivity index (χ3v) is 10.8. The van der Waals surface area contributed by atoms with E-state index < -0.39 is 11.6 Å². The van der Waals surface area contributed by atoms with Crippen LogP contribution in [0.3, 0.4) is 0 Å². The summed E-state index contributed by atoms with van der Waals surface area (Å²) in [5, 5.41) is 0. The standard InChI is InChI=1S/C33H49F2N3O3/c1-31(2,3)37-16-13-26(27(20-37)25-12-11-24(34)19-28(25)35)29(39)36-17-14-33(15-18-36,23-9-7-6-8-10-23)21-38-30(40)41-22-32(38,4)5/h11-12,19,23,26-27H,6-10,13-18,20-22H2,1-5H3/t26?,27-/m1/s1. The molecule has 1 aliphatic carbocycles. The molecule has 3 aliphatic heterocycles. The summed E-state index contributed by atoms with van der Waals surface area (Å²) < 4.78 is 34.4. The molecule has 5 rings (SSSR count). The first-order valence-electron chi connectivity index (χ1n) is 15.7. The first kappa shape index (κ1) is 30.2. The van der Waals surface area contributed by atoms with E-state index >= 15 is 4.39 Å². The third-order valence-electron chi connectivity index (χ3n) is 10.8. The molecule has 41 heavy (non-hydrogen) atoms. The average Bonchev–Trinajstić information content (AvgIpc) is 3.19. The van der Waals surface area contributed by atoms with Gasteiger partial charge >= 0.3 is 6.09 Å². The van der Waals surface area contributed by atoms with Gasteiger partial charge in [0, 0.05) is 49.6 Å². The zero-order valence-electron chi connectivity index (χ0n) is 25.7. The number of rotatable bonds is 5. The van der Waals surface area contributed by atoms with E-state index in [1.807, 2.05) is 9.80 Å². The minimum absolute atomic E-state index is 0.0318. The van der Waals surface area contributed by atoms with E-state index in [2.05, 4.69) is 39.5 Å². The first-order valence-corrected chi connectivity index (χ1v) is 15.7. The van der Waals surface area contributed by atoms with Crippen LogP contribution in [0.4, 0.5) is 13.6 Å². The van der Waals surface area contributed by atoms with Crippen molar-refractivity contribution in [1.29, 1.82) is 0 Å². The summed E-state index contributed by atoms with van der Waals surface area (Å²) in [4.78, 5) is 33.2. The van der Waals surface area contributed by atoms with Crippen molar-refractivity contribution in [3.8, 4) is 0 Å². The molecule has 228 valence electrons. The molecule has 4 fully saturated rings. The number of nitrogens with zero attached hydrogens (tertiary/aromatic N) is 3. The highest BCUT2D eigenvalue weighted by molar-refractivity contribution is 5.80. The summed E-state index contributed by atoms with van der Waals surface area (Å²) in [6, 6.07) is 3.78. The number of carbonyl (C=O) groups is 2. The van der Waals surface area contributed by atoms with Crippen molar-refractivity contribution < 1.29 is 23.1 Å². The van der Waals surface area contributed by atoms with Crippen LogP contribution >= 0.6 is 0 Å². The molecular weight excluding hydrogens is 524 g/mol. The second-order valence-corrected chi connectivity index (χ2v) is 14.8. The zero-order chi connectivity index (χ0) is 29.6. The van der Waals surface area contributed by atoms with Gasteiger partial charge in [-0.1, -0.05) is 25.3 Å². The molecule has 4 aliphatic rings. The smallest absolute Gasteiger partial charge is 0.410 e. The molecule has 0 spiro atoms. The molecule has 1 saturated carbocycles. The van der Waals surface area contributed by atoms with Gasteiger partial charge < -0.3 is 9.64 Å². The Hall–Kier alpha value is -2.22. The number of carbonyl (C=O) groups excluding carboxylic acids is 2. The number of cyclic esters (lactones) is 1. The van der Waals surface area contributed by atoms with Crippen molar-refractivity contribution in [2.24, 2.45) is 17.3 Å². The van der Waals surface area contributed by atoms with Crippen LogP contribution in [0, 0.1) is 28.9 Å². The Balaban J connectivity index is 1.36. The molecule has 6 nitrogen and oxygen atoms in total. The van der Waals surface area contributed by atoms with Crippen LogP contribution in [0.15, 0.2) is 18.2 Å². The number of hydrogen-bond donors (Lipinski definition) is 0. The van der Waals surface area contributed by atoms with Gasteiger partial charge in [0.15, 0.2) is 0 Å². The van der Waals surface area contributed by atoms with Crippen LogP contribution in [0.1, 0.15) is 97.5 Å². The Morgan fingerprint density at radius 3 is 2.29 bits per heavy atom. The number of hydrogen-bond acceptors (Lipinski definition) is 4. The van der Waals surface area contributed by atoms with E-state index in [0.717, 1.165) is 25.5 Å². The number of amides is 2. The van der Waals surface area contributed by atoms with Gasteiger partial charge in [0.2, 0.25) is 5.91 Å². The Morgan fingerprint density at radius 1 is 1.02 bits per heavy atom. The third kappa shape index (κ3) is 6.14. The van der Waals surface area contributed by atoms with Gasteiger partial charge in [0.1, 0.15) is 18.2 Å². The highest BCUT2D eigenvalue weighted by atomic mass is 19.1. The predicted molar refractivity (Wildman–Crippen MR) is 155 cm³/mol. The number of ether oxygens (including phenoxy) is 1. The van der Waals surface area contributed by atoms with Crippen LogP contribution in [-0.2, 0) is 9.53 Å². The minimum Gasteiger partial charge on any atom is -0.447 e. The van der Waals surface area contributed by atoms with Crippen molar-refractivity contribution in [2.75, 3.05) is 39.3 Å². The summed E-state index contributed by atoms with van der Waals surface area (Å²) in [5.74, 6) is -1.22. The molecular formula is C33H49F2N3O3. The molecule has 0 aromatic heterocycles. The second-order valence-electron chi connectivity index (χ2n) is 14.8. The molecule has 0 radical (unpaired) electrons. The molecule has 1 aromatic rings. The molecule has 2 amide bonds. The van der Waals surface area contributed by atoms with Gasteiger partial charge in [-0.3, -0.25) is 14.6 Å². The molecule has 1 aromatic carbocycles. The van der Waals surface area contributed by atoms with Crippen molar-refractivity contribution in [2.45, 2.75) is 103 Å². The maximum absolute atomic E-state index is 15.1. The van der Waals surface area contributed by atoms with Crippen molar-refractivity contribution in [3.63, 3.8) is 0 Å². The topological polar surface area (TPSA) is 53.1 Å². The second kappa shape index (κ2) is 11.5. The van der Waals surface area contributed by atoms with E-state index in [4.69, 9.17) is 4.74 Å². The van der Waals surface area contributed by atoms with Crippen LogP contribution < -0.4 is 0 Å². The lowest BCUT2D eigenvalue weighted by Gasteiger charge is -2.51. The summed E-state index contributed by atoms with van der Waals surface area (Å²) in [7, 11) is 0. The zero-order valence-corrected chi connectivity index (χ0v) is 25.7. The van der Waals surface area contributed by atoms with Gasteiger partial charge in [-0.25, -0.2) is 13.6 Å². The molecule has 3 heterocycles. The van der Waals surface area contributed by atoms with Gasteiger partial charge in [0.25, 0.3) is 0 Å². The SMILES string of the molecule is CC(C)(C)N1CCC(C(=O)N2CCC(CN3C(=O)OCC3(C)C)(C3CCCCC3)CC2)[C@@H](c2ccc(F)cc2F)C1. The van der Waals surface area contributed by atoms with Crippen LogP contribution in [0.5, 0.6) is 0 Å². The predicted octanol–water partition coefficient (Wildman–Crippen LogP) is 6.59. The fourth-order valence-electron chi connectivity index (χ4n) is 8.03. The minimum atomic E-state index is -0.599. The van der Waals surface area contributed by atoms with Crippen molar-refractivity contribution in [1.82, 2.24) is 14.7 Å². The number of piperidine rings is 2. The highest BCUT2D eigenvalue weighted by Crippen LogP contribution is 2.48. The monoisotopic (exact) mass is 573 g/mol. The normalized spacial score (nSPS) is 27.6. The Kier molecular flexibility index (Phi) is 8.45. The Morgan fingerprint density at radius 2 is 1.71 bits per heavy atom. The average molecular weight is 574 g/mol. The van der Waals surface area contributed by atoms with E-state index in [-0.39, 0.29) is 40.3 Å². The van der Waals surface area contributed by atoms with E-state index in [1.165, 1.54) is 44.2 Å². The fourth-order valence-corrected chi connectivity index (χ4v) is 8.03. The summed E-state index contributed by atoms with van der Waals surface area (Å²) in [6.45, 7) is 14.3. The van der Waals surface area contributed by atoms with Gasteiger partial charge in [-0.15, -0.1) is 0 Å². The fraction of sp³-hybridized carbons (Fsp3) is 0.758.